The normalized spacial score (nSPS) is 26.0. The molecule has 0 aromatic rings. The van der Waals surface area contributed by atoms with Gasteiger partial charge in [0.1, 0.15) is 55.4 Å². The van der Waals surface area contributed by atoms with Crippen LogP contribution < -0.4 is 0 Å². The summed E-state index contributed by atoms with van der Waals surface area (Å²) in [6, 6.07) is 0. The minimum Gasteiger partial charge on any atom is -0.462 e. The molecule has 2 fully saturated rings. The van der Waals surface area contributed by atoms with Crippen molar-refractivity contribution in [1.82, 2.24) is 0 Å². The van der Waals surface area contributed by atoms with Crippen LogP contribution in [0.3, 0.4) is 0 Å². The quantitative estimate of drug-likeness (QED) is 0.0176. The number of hydrogen-bond acceptors (Lipinski definition) is 15. The molecule has 2 rings (SSSR count). The van der Waals surface area contributed by atoms with Gasteiger partial charge in [-0.15, -0.1) is 0 Å². The number of hydrogen-bond donors (Lipinski definition) is 7. The van der Waals surface area contributed by atoms with Gasteiger partial charge < -0.3 is 64.2 Å². The third-order valence-electron chi connectivity index (χ3n) is 13.0. The number of carbonyl (C=O) groups excluding carboxylic acids is 2. The van der Waals surface area contributed by atoms with Crippen molar-refractivity contribution in [3.63, 3.8) is 0 Å². The van der Waals surface area contributed by atoms with Gasteiger partial charge in [0.25, 0.3) is 0 Å². The lowest BCUT2D eigenvalue weighted by Gasteiger charge is -2.42. The first-order valence-corrected chi connectivity index (χ1v) is 26.8. The van der Waals surface area contributed by atoms with E-state index in [-0.39, 0.29) is 26.1 Å². The molecule has 0 aromatic carbocycles. The third kappa shape index (κ3) is 28.0. The van der Waals surface area contributed by atoms with Crippen molar-refractivity contribution in [3.8, 4) is 0 Å². The molecule has 394 valence electrons. The van der Waals surface area contributed by atoms with E-state index in [1.165, 1.54) is 122 Å². The van der Waals surface area contributed by atoms with Crippen LogP contribution in [0.2, 0.25) is 0 Å². The van der Waals surface area contributed by atoms with Crippen LogP contribution in [0.1, 0.15) is 213 Å². The Labute approximate surface area is 403 Å². The van der Waals surface area contributed by atoms with Crippen LogP contribution in [0, 0.1) is 0 Å². The van der Waals surface area contributed by atoms with Crippen molar-refractivity contribution in [2.45, 2.75) is 280 Å². The Bertz CT molecular complexity index is 1220. The average molecular weight is 961 g/mol. The molecule has 2 heterocycles. The first-order valence-electron chi connectivity index (χ1n) is 26.8. The van der Waals surface area contributed by atoms with E-state index in [1.807, 2.05) is 0 Å². The Balaban J connectivity index is 1.79. The summed E-state index contributed by atoms with van der Waals surface area (Å²) in [5, 5.41) is 72.1. The fourth-order valence-corrected chi connectivity index (χ4v) is 8.57. The molecule has 0 saturated carbocycles. The molecule has 0 amide bonds. The fraction of sp³-hybridized carbons (Fsp3) is 0.923. The molecule has 2 aliphatic heterocycles. The van der Waals surface area contributed by atoms with Crippen molar-refractivity contribution >= 4 is 11.9 Å². The highest BCUT2D eigenvalue weighted by Crippen LogP contribution is 2.27. The van der Waals surface area contributed by atoms with Crippen LogP contribution >= 0.6 is 0 Å². The molecule has 0 spiro atoms. The highest BCUT2D eigenvalue weighted by atomic mass is 16.7. The highest BCUT2D eigenvalue weighted by molar-refractivity contribution is 5.70. The molecule has 0 aliphatic carbocycles. The predicted octanol–water partition coefficient (Wildman–Crippen LogP) is 7.77. The van der Waals surface area contributed by atoms with Crippen LogP contribution in [0.5, 0.6) is 0 Å². The van der Waals surface area contributed by atoms with E-state index in [2.05, 4.69) is 26.0 Å². The largest absolute Gasteiger partial charge is 0.462 e. The first-order chi connectivity index (χ1) is 32.5. The fourth-order valence-electron chi connectivity index (χ4n) is 8.57. The van der Waals surface area contributed by atoms with Crippen LogP contribution in [0.15, 0.2) is 12.2 Å². The van der Waals surface area contributed by atoms with E-state index in [4.69, 9.17) is 28.4 Å². The molecule has 7 N–H and O–H groups in total. The Kier molecular flexibility index (Phi) is 36.5. The van der Waals surface area contributed by atoms with Crippen LogP contribution in [0.25, 0.3) is 0 Å². The van der Waals surface area contributed by atoms with Crippen molar-refractivity contribution in [1.29, 1.82) is 0 Å². The number of unbranched alkanes of at least 4 members (excludes halogenated alkanes) is 26. The summed E-state index contributed by atoms with van der Waals surface area (Å²) < 4.78 is 33.6. The molecule has 0 aromatic heterocycles. The Morgan fingerprint density at radius 3 is 1.31 bits per heavy atom. The minimum absolute atomic E-state index is 0.164. The van der Waals surface area contributed by atoms with Crippen molar-refractivity contribution < 1.29 is 73.8 Å². The molecule has 2 aliphatic rings. The maximum atomic E-state index is 13.0. The van der Waals surface area contributed by atoms with Crippen LogP contribution in [-0.2, 0) is 38.0 Å². The van der Waals surface area contributed by atoms with Gasteiger partial charge in [-0.05, 0) is 38.5 Å². The Morgan fingerprint density at radius 1 is 0.463 bits per heavy atom. The standard InChI is InChI=1S/C52H96O15/c1-3-5-7-9-11-13-15-17-19-20-21-23-25-27-29-31-33-35-44(55)65-40(37-62-43(54)34-32-30-28-26-24-22-18-16-14-12-10-8-6-4-2)38-63-51-50(61)48(59)46(57)42(67-51)39-64-52-49(60)47(58)45(56)41(36-53)66-52/h17,19,40-42,45-53,56-61H,3-16,18,20-39H2,1-2H3/b19-17+/t40-,41+,42+,45-,46-,47?,48?,49?,50?,51+,52+/m1/s1. The van der Waals surface area contributed by atoms with Gasteiger partial charge in [-0.2, -0.15) is 0 Å². The summed E-state index contributed by atoms with van der Waals surface area (Å²) in [5.74, 6) is -0.919. The number of esters is 2. The maximum Gasteiger partial charge on any atom is 0.306 e. The number of aliphatic hydroxyl groups excluding tert-OH is 7. The zero-order valence-corrected chi connectivity index (χ0v) is 41.7. The van der Waals surface area contributed by atoms with Gasteiger partial charge in [0, 0.05) is 12.8 Å². The summed E-state index contributed by atoms with van der Waals surface area (Å²) in [4.78, 5) is 25.8. The smallest absolute Gasteiger partial charge is 0.306 e. The highest BCUT2D eigenvalue weighted by Gasteiger charge is 2.47. The first kappa shape index (κ1) is 61.4. The zero-order valence-electron chi connectivity index (χ0n) is 41.7. The van der Waals surface area contributed by atoms with Crippen molar-refractivity contribution in [3.05, 3.63) is 12.2 Å². The number of ether oxygens (including phenoxy) is 6. The molecular weight excluding hydrogens is 865 g/mol. The molecule has 4 unspecified atom stereocenters. The van der Waals surface area contributed by atoms with Gasteiger partial charge in [0.2, 0.25) is 0 Å². The summed E-state index contributed by atoms with van der Waals surface area (Å²) in [6.45, 7) is 2.61. The average Bonchev–Trinajstić information content (AvgIpc) is 3.32. The maximum absolute atomic E-state index is 13.0. The lowest BCUT2D eigenvalue weighted by Crippen LogP contribution is -2.61. The van der Waals surface area contributed by atoms with Crippen LogP contribution in [-0.4, -0.2) is 142 Å². The van der Waals surface area contributed by atoms with Gasteiger partial charge in [-0.3, -0.25) is 9.59 Å². The summed E-state index contributed by atoms with van der Waals surface area (Å²) in [5.41, 5.74) is 0. The van der Waals surface area contributed by atoms with Gasteiger partial charge in [-0.25, -0.2) is 0 Å². The van der Waals surface area contributed by atoms with Crippen molar-refractivity contribution in [2.75, 3.05) is 26.4 Å². The molecule has 2 saturated heterocycles. The summed E-state index contributed by atoms with van der Waals surface area (Å²) >= 11 is 0. The monoisotopic (exact) mass is 961 g/mol. The van der Waals surface area contributed by atoms with Crippen molar-refractivity contribution in [2.24, 2.45) is 0 Å². The van der Waals surface area contributed by atoms with E-state index < -0.39 is 92.7 Å². The second-order valence-electron chi connectivity index (χ2n) is 19.1. The van der Waals surface area contributed by atoms with Crippen LogP contribution in [0.4, 0.5) is 0 Å². The summed E-state index contributed by atoms with van der Waals surface area (Å²) in [6.07, 6.45) is 22.3. The van der Waals surface area contributed by atoms with Gasteiger partial charge >= 0.3 is 11.9 Å². The van der Waals surface area contributed by atoms with E-state index in [9.17, 15) is 45.3 Å². The predicted molar refractivity (Wildman–Crippen MR) is 257 cm³/mol. The Hall–Kier alpha value is -1.76. The molecule has 0 radical (unpaired) electrons. The zero-order chi connectivity index (χ0) is 48.9. The number of aliphatic hydroxyl groups is 7. The lowest BCUT2D eigenvalue weighted by atomic mass is 9.98. The topological polar surface area (TPSA) is 231 Å². The van der Waals surface area contributed by atoms with E-state index >= 15 is 0 Å². The second-order valence-corrected chi connectivity index (χ2v) is 19.1. The second kappa shape index (κ2) is 39.9. The third-order valence-corrected chi connectivity index (χ3v) is 13.0. The molecule has 15 heteroatoms. The van der Waals surface area contributed by atoms with Gasteiger partial charge in [0.05, 0.1) is 19.8 Å². The van der Waals surface area contributed by atoms with E-state index in [0.717, 1.165) is 51.4 Å². The molecular formula is C52H96O15. The SMILES string of the molecule is CCCCCCCC/C=C/CCCCCCCCCC(=O)O[C@H](COC(=O)CCCCCCCCCCCCCCCC)CO[C@H]1O[C@@H](CO[C@H]2O[C@@H](CO)[C@@H](O)C(O)C2O)[C@@H](O)C(O)C1O. The number of allylic oxidation sites excluding steroid dienone is 2. The lowest BCUT2D eigenvalue weighted by molar-refractivity contribution is -0.332. The number of rotatable bonds is 42. The van der Waals surface area contributed by atoms with Gasteiger partial charge in [0.15, 0.2) is 18.7 Å². The molecule has 11 atom stereocenters. The van der Waals surface area contributed by atoms with E-state index in [1.54, 1.807) is 0 Å². The minimum atomic E-state index is -1.76. The Morgan fingerprint density at radius 2 is 0.851 bits per heavy atom. The van der Waals surface area contributed by atoms with Gasteiger partial charge in [-0.1, -0.05) is 174 Å². The molecule has 67 heavy (non-hydrogen) atoms. The number of carbonyl (C=O) groups is 2. The molecule has 0 bridgehead atoms. The molecule has 15 nitrogen and oxygen atoms in total. The summed E-state index contributed by atoms with van der Waals surface area (Å²) in [7, 11) is 0. The van der Waals surface area contributed by atoms with E-state index in [0.29, 0.717) is 12.8 Å².